The minimum atomic E-state index is 0.267. The minimum absolute atomic E-state index is 0.267. The van der Waals surface area contributed by atoms with Gasteiger partial charge in [-0.25, -0.2) is 0 Å². The molecule has 1 heterocycles. The third kappa shape index (κ3) is 2.53. The molecule has 19 heavy (non-hydrogen) atoms. The van der Waals surface area contributed by atoms with Crippen LogP contribution >= 0.6 is 23.2 Å². The molecule has 0 unspecified atom stereocenters. The summed E-state index contributed by atoms with van der Waals surface area (Å²) in [6, 6.07) is 6.22. The average Bonchev–Trinajstić information content (AvgIpc) is 2.97. The fourth-order valence-electron chi connectivity index (χ4n) is 3.95. The van der Waals surface area contributed by atoms with Gasteiger partial charge in [-0.05, 0) is 49.3 Å². The first-order chi connectivity index (χ1) is 9.22. The molecule has 0 aromatic heterocycles. The molecule has 3 heteroatoms. The van der Waals surface area contributed by atoms with Crippen molar-refractivity contribution in [3.63, 3.8) is 0 Å². The summed E-state index contributed by atoms with van der Waals surface area (Å²) >= 11 is 12.3. The molecule has 0 spiro atoms. The summed E-state index contributed by atoms with van der Waals surface area (Å²) in [6.07, 6.45) is 7.68. The van der Waals surface area contributed by atoms with Crippen molar-refractivity contribution in [2.24, 2.45) is 5.92 Å². The second-order valence-electron chi connectivity index (χ2n) is 5.88. The van der Waals surface area contributed by atoms with E-state index in [4.69, 9.17) is 27.9 Å². The van der Waals surface area contributed by atoms with Gasteiger partial charge in [-0.1, -0.05) is 42.1 Å². The van der Waals surface area contributed by atoms with Gasteiger partial charge in [-0.2, -0.15) is 0 Å². The summed E-state index contributed by atoms with van der Waals surface area (Å²) in [5.41, 5.74) is 1.64. The molecule has 1 saturated carbocycles. The van der Waals surface area contributed by atoms with Crippen molar-refractivity contribution < 1.29 is 4.74 Å². The largest absolute Gasteiger partial charge is 0.381 e. The highest BCUT2D eigenvalue weighted by atomic mass is 35.5. The van der Waals surface area contributed by atoms with Crippen LogP contribution in [0.2, 0.25) is 10.0 Å². The van der Waals surface area contributed by atoms with Gasteiger partial charge in [0.15, 0.2) is 0 Å². The van der Waals surface area contributed by atoms with Crippen LogP contribution in [0.4, 0.5) is 0 Å². The van der Waals surface area contributed by atoms with Crippen molar-refractivity contribution in [3.05, 3.63) is 33.8 Å². The van der Waals surface area contributed by atoms with E-state index in [1.165, 1.54) is 31.2 Å². The molecule has 2 aliphatic rings. The van der Waals surface area contributed by atoms with Crippen LogP contribution in [0, 0.1) is 5.92 Å². The van der Waals surface area contributed by atoms with Crippen molar-refractivity contribution in [2.45, 2.75) is 43.9 Å². The molecule has 0 N–H and O–H groups in total. The Morgan fingerprint density at radius 3 is 2.32 bits per heavy atom. The van der Waals surface area contributed by atoms with Crippen molar-refractivity contribution in [1.82, 2.24) is 0 Å². The number of halogens is 2. The molecular weight excluding hydrogens is 279 g/mol. The van der Waals surface area contributed by atoms with Crippen molar-refractivity contribution in [2.75, 3.05) is 13.2 Å². The maximum atomic E-state index is 6.24. The molecule has 1 saturated heterocycles. The zero-order chi connectivity index (χ0) is 13.3. The van der Waals surface area contributed by atoms with Crippen LogP contribution in [0.1, 0.15) is 44.1 Å². The Kier molecular flexibility index (Phi) is 4.07. The lowest BCUT2D eigenvalue weighted by molar-refractivity contribution is 0.0265. The summed E-state index contributed by atoms with van der Waals surface area (Å²) in [7, 11) is 0. The van der Waals surface area contributed by atoms with E-state index >= 15 is 0 Å². The van der Waals surface area contributed by atoms with Crippen LogP contribution in [-0.4, -0.2) is 13.2 Å². The lowest BCUT2D eigenvalue weighted by Crippen LogP contribution is -2.39. The van der Waals surface area contributed by atoms with Crippen LogP contribution in [0.3, 0.4) is 0 Å². The second kappa shape index (κ2) is 5.63. The predicted molar refractivity (Wildman–Crippen MR) is 80.2 cm³/mol. The Labute approximate surface area is 125 Å². The molecular formula is C16H20Cl2O. The lowest BCUT2D eigenvalue weighted by Gasteiger charge is -2.43. The summed E-state index contributed by atoms with van der Waals surface area (Å²) in [4.78, 5) is 0. The first-order valence-corrected chi connectivity index (χ1v) is 8.01. The Balaban J connectivity index is 1.99. The summed E-state index contributed by atoms with van der Waals surface area (Å²) in [5, 5.41) is 1.34. The molecule has 0 bridgehead atoms. The zero-order valence-electron chi connectivity index (χ0n) is 11.1. The molecule has 1 aliphatic heterocycles. The molecule has 1 aromatic carbocycles. The molecule has 2 fully saturated rings. The molecule has 0 amide bonds. The van der Waals surface area contributed by atoms with Crippen LogP contribution < -0.4 is 0 Å². The van der Waals surface area contributed by atoms with Crippen LogP contribution in [0.15, 0.2) is 18.2 Å². The highest BCUT2D eigenvalue weighted by Crippen LogP contribution is 2.49. The van der Waals surface area contributed by atoms with Crippen molar-refractivity contribution in [3.8, 4) is 0 Å². The monoisotopic (exact) mass is 298 g/mol. The highest BCUT2D eigenvalue weighted by molar-refractivity contribution is 6.42. The quantitative estimate of drug-likeness (QED) is 0.726. The Morgan fingerprint density at radius 2 is 1.68 bits per heavy atom. The maximum Gasteiger partial charge on any atom is 0.0595 e. The first-order valence-electron chi connectivity index (χ1n) is 7.26. The first kappa shape index (κ1) is 13.7. The van der Waals surface area contributed by atoms with E-state index in [-0.39, 0.29) is 5.41 Å². The van der Waals surface area contributed by atoms with Gasteiger partial charge in [0.1, 0.15) is 0 Å². The summed E-state index contributed by atoms with van der Waals surface area (Å²) in [6.45, 7) is 1.74. The number of ether oxygens (including phenoxy) is 1. The van der Waals surface area contributed by atoms with Gasteiger partial charge in [-0.15, -0.1) is 0 Å². The standard InChI is InChI=1S/C16H20Cl2O/c17-14-6-5-13(11-15(14)18)16(7-9-19-10-8-16)12-3-1-2-4-12/h5-6,11-12H,1-4,7-10H2. The van der Waals surface area contributed by atoms with Gasteiger partial charge in [0.05, 0.1) is 10.0 Å². The Hall–Kier alpha value is -0.240. The van der Waals surface area contributed by atoms with Gasteiger partial charge in [-0.3, -0.25) is 0 Å². The Bertz CT molecular complexity index is 446. The van der Waals surface area contributed by atoms with Crippen molar-refractivity contribution in [1.29, 1.82) is 0 Å². The molecule has 0 atom stereocenters. The fraction of sp³-hybridized carbons (Fsp3) is 0.625. The maximum absolute atomic E-state index is 6.24. The van der Waals surface area contributed by atoms with Crippen LogP contribution in [0.5, 0.6) is 0 Å². The molecule has 0 radical (unpaired) electrons. The van der Waals surface area contributed by atoms with E-state index in [0.717, 1.165) is 32.0 Å². The molecule has 3 rings (SSSR count). The summed E-state index contributed by atoms with van der Waals surface area (Å²) < 4.78 is 5.60. The molecule has 1 aliphatic carbocycles. The van der Waals surface area contributed by atoms with Crippen LogP contribution in [-0.2, 0) is 10.2 Å². The third-order valence-corrected chi connectivity index (χ3v) is 5.76. The zero-order valence-corrected chi connectivity index (χ0v) is 12.6. The van der Waals surface area contributed by atoms with Gasteiger partial charge >= 0.3 is 0 Å². The van der Waals surface area contributed by atoms with Crippen LogP contribution in [0.25, 0.3) is 0 Å². The van der Waals surface area contributed by atoms with E-state index < -0.39 is 0 Å². The average molecular weight is 299 g/mol. The van der Waals surface area contributed by atoms with Gasteiger partial charge in [0.25, 0.3) is 0 Å². The molecule has 104 valence electrons. The fourth-order valence-corrected chi connectivity index (χ4v) is 4.25. The van der Waals surface area contributed by atoms with Crippen molar-refractivity contribution >= 4 is 23.2 Å². The highest BCUT2D eigenvalue weighted by Gasteiger charge is 2.42. The number of benzene rings is 1. The lowest BCUT2D eigenvalue weighted by atomic mass is 9.65. The van der Waals surface area contributed by atoms with E-state index in [1.807, 2.05) is 6.07 Å². The smallest absolute Gasteiger partial charge is 0.0595 e. The number of hydrogen-bond donors (Lipinski definition) is 0. The van der Waals surface area contributed by atoms with E-state index in [1.54, 1.807) is 0 Å². The van der Waals surface area contributed by atoms with E-state index in [0.29, 0.717) is 10.0 Å². The Morgan fingerprint density at radius 1 is 1.00 bits per heavy atom. The van der Waals surface area contributed by atoms with Gasteiger partial charge < -0.3 is 4.74 Å². The normalized spacial score (nSPS) is 23.7. The minimum Gasteiger partial charge on any atom is -0.381 e. The van der Waals surface area contributed by atoms with E-state index in [9.17, 15) is 0 Å². The molecule has 1 nitrogen and oxygen atoms in total. The SMILES string of the molecule is Clc1ccc(C2(C3CCCC3)CCOCC2)cc1Cl. The van der Waals surface area contributed by atoms with Gasteiger partial charge in [0, 0.05) is 18.6 Å². The van der Waals surface area contributed by atoms with Gasteiger partial charge in [0.2, 0.25) is 0 Å². The second-order valence-corrected chi connectivity index (χ2v) is 6.69. The number of rotatable bonds is 2. The molecule has 1 aromatic rings. The van der Waals surface area contributed by atoms with E-state index in [2.05, 4.69) is 12.1 Å². The third-order valence-electron chi connectivity index (χ3n) is 5.02. The predicted octanol–water partition coefficient (Wildman–Crippen LogP) is 5.23. The topological polar surface area (TPSA) is 9.23 Å². The summed E-state index contributed by atoms with van der Waals surface area (Å²) in [5.74, 6) is 0.786. The number of hydrogen-bond acceptors (Lipinski definition) is 1.